The Labute approximate surface area is 171 Å². The number of carbonyl (C=O) groups excluding carboxylic acids is 1. The molecule has 0 aliphatic carbocycles. The van der Waals surface area contributed by atoms with E-state index in [0.29, 0.717) is 22.3 Å². The minimum atomic E-state index is -0.434. The van der Waals surface area contributed by atoms with E-state index in [0.717, 1.165) is 11.1 Å². The highest BCUT2D eigenvalue weighted by molar-refractivity contribution is 6.35. The summed E-state index contributed by atoms with van der Waals surface area (Å²) in [5.41, 5.74) is 2.43. The van der Waals surface area contributed by atoms with Gasteiger partial charge >= 0.3 is 0 Å². The van der Waals surface area contributed by atoms with Gasteiger partial charge in [0.1, 0.15) is 11.5 Å². The summed E-state index contributed by atoms with van der Waals surface area (Å²) in [6.07, 6.45) is 3.09. The van der Waals surface area contributed by atoms with Gasteiger partial charge in [0.15, 0.2) is 5.82 Å². The lowest BCUT2D eigenvalue weighted by molar-refractivity contribution is -0.111. The molecule has 0 saturated heterocycles. The van der Waals surface area contributed by atoms with E-state index < -0.39 is 5.91 Å². The first kappa shape index (κ1) is 18.6. The van der Waals surface area contributed by atoms with Crippen molar-refractivity contribution in [2.45, 2.75) is 6.92 Å². The normalized spacial score (nSPS) is 11.4. The van der Waals surface area contributed by atoms with Crippen LogP contribution in [0.15, 0.2) is 71.3 Å². The van der Waals surface area contributed by atoms with E-state index >= 15 is 0 Å². The predicted octanol–water partition coefficient (Wildman–Crippen LogP) is 4.53. The second-order valence-electron chi connectivity index (χ2n) is 6.26. The molecule has 0 fully saturated rings. The van der Waals surface area contributed by atoms with E-state index in [9.17, 15) is 4.79 Å². The van der Waals surface area contributed by atoms with Crippen LogP contribution in [0.25, 0.3) is 23.2 Å². The summed E-state index contributed by atoms with van der Waals surface area (Å²) < 4.78 is 6.75. The van der Waals surface area contributed by atoms with Crippen molar-refractivity contribution in [1.29, 1.82) is 0 Å². The Hall–Kier alpha value is -3.71. The van der Waals surface area contributed by atoms with E-state index in [2.05, 4.69) is 20.8 Å². The molecule has 4 aromatic rings. The van der Waals surface area contributed by atoms with Gasteiger partial charge in [0.05, 0.1) is 17.0 Å². The van der Waals surface area contributed by atoms with Crippen molar-refractivity contribution in [2.75, 3.05) is 5.32 Å². The number of furan rings is 1. The van der Waals surface area contributed by atoms with Gasteiger partial charge in [0.25, 0.3) is 5.91 Å². The molecule has 1 amide bonds. The van der Waals surface area contributed by atoms with Crippen LogP contribution in [0.1, 0.15) is 11.3 Å². The Bertz CT molecular complexity index is 1170. The highest BCUT2D eigenvalue weighted by atomic mass is 35.5. The predicted molar refractivity (Wildman–Crippen MR) is 111 cm³/mol. The lowest BCUT2D eigenvalue weighted by atomic mass is 10.2. The third kappa shape index (κ3) is 4.09. The summed E-state index contributed by atoms with van der Waals surface area (Å²) in [7, 11) is 0. The smallest absolute Gasteiger partial charge is 0.274 e. The quantitative estimate of drug-likeness (QED) is 0.493. The first-order chi connectivity index (χ1) is 14.1. The standard InChI is InChI=1S/C21H16ClN5O2/c1-14-9-10-18(17(22)12-14)23-21(28)19(13-16-8-5-11-29-16)27-20(24-25-26-27)15-6-3-2-4-7-15/h2-13H,1H3,(H,23,28)/b19-13-. The highest BCUT2D eigenvalue weighted by Crippen LogP contribution is 2.25. The van der Waals surface area contributed by atoms with Crippen molar-refractivity contribution < 1.29 is 9.21 Å². The Morgan fingerprint density at radius 2 is 1.97 bits per heavy atom. The number of hydrogen-bond donors (Lipinski definition) is 1. The van der Waals surface area contributed by atoms with Crippen molar-refractivity contribution in [3.8, 4) is 11.4 Å². The molecule has 29 heavy (non-hydrogen) atoms. The fourth-order valence-electron chi connectivity index (χ4n) is 2.76. The molecular formula is C21H16ClN5O2. The molecule has 7 nitrogen and oxygen atoms in total. The summed E-state index contributed by atoms with van der Waals surface area (Å²) in [5.74, 6) is 0.477. The number of nitrogens with one attached hydrogen (secondary N) is 1. The van der Waals surface area contributed by atoms with E-state index in [1.54, 1.807) is 30.3 Å². The van der Waals surface area contributed by atoms with Crippen molar-refractivity contribution in [1.82, 2.24) is 20.2 Å². The number of hydrogen-bond acceptors (Lipinski definition) is 5. The lowest BCUT2D eigenvalue weighted by Gasteiger charge is -2.12. The monoisotopic (exact) mass is 405 g/mol. The largest absolute Gasteiger partial charge is 0.465 e. The van der Waals surface area contributed by atoms with Crippen LogP contribution in [0.3, 0.4) is 0 Å². The van der Waals surface area contributed by atoms with Gasteiger partial charge in [-0.2, -0.15) is 4.68 Å². The van der Waals surface area contributed by atoms with Crippen LogP contribution in [0.2, 0.25) is 5.02 Å². The Balaban J connectivity index is 1.76. The molecule has 0 radical (unpaired) electrons. The number of aryl methyl sites for hydroxylation is 1. The van der Waals surface area contributed by atoms with Gasteiger partial charge in [-0.3, -0.25) is 4.79 Å². The van der Waals surface area contributed by atoms with Crippen LogP contribution in [0, 0.1) is 6.92 Å². The lowest BCUT2D eigenvalue weighted by Crippen LogP contribution is -2.19. The number of amides is 1. The average molecular weight is 406 g/mol. The molecule has 0 saturated carbocycles. The maximum absolute atomic E-state index is 13.2. The third-order valence-corrected chi connectivity index (χ3v) is 4.47. The molecule has 0 spiro atoms. The van der Waals surface area contributed by atoms with Gasteiger partial charge in [-0.25, -0.2) is 0 Å². The molecule has 2 heterocycles. The minimum Gasteiger partial charge on any atom is -0.465 e. The molecule has 0 bridgehead atoms. The van der Waals surface area contributed by atoms with E-state index in [-0.39, 0.29) is 5.70 Å². The van der Waals surface area contributed by atoms with Gasteiger partial charge in [0, 0.05) is 11.6 Å². The molecule has 2 aromatic heterocycles. The van der Waals surface area contributed by atoms with Crippen LogP contribution in [0.5, 0.6) is 0 Å². The number of anilines is 1. The second kappa shape index (κ2) is 8.12. The van der Waals surface area contributed by atoms with Gasteiger partial charge in [0.2, 0.25) is 0 Å². The third-order valence-electron chi connectivity index (χ3n) is 4.16. The van der Waals surface area contributed by atoms with Crippen molar-refractivity contribution in [3.63, 3.8) is 0 Å². The topological polar surface area (TPSA) is 85.8 Å². The SMILES string of the molecule is Cc1ccc(NC(=O)/C(=C/c2ccco2)n2nnnc2-c2ccccc2)c(Cl)c1. The van der Waals surface area contributed by atoms with Crippen LogP contribution in [0.4, 0.5) is 5.69 Å². The summed E-state index contributed by atoms with van der Waals surface area (Å²) in [5, 5.41) is 15.1. The second-order valence-corrected chi connectivity index (χ2v) is 6.67. The first-order valence-corrected chi connectivity index (χ1v) is 9.16. The first-order valence-electron chi connectivity index (χ1n) is 8.79. The molecule has 0 aliphatic heterocycles. The highest BCUT2D eigenvalue weighted by Gasteiger charge is 2.20. The van der Waals surface area contributed by atoms with E-state index in [1.807, 2.05) is 43.3 Å². The number of halogens is 1. The molecule has 1 N–H and O–H groups in total. The Morgan fingerprint density at radius 3 is 2.69 bits per heavy atom. The number of benzene rings is 2. The van der Waals surface area contributed by atoms with Crippen LogP contribution in [-0.2, 0) is 4.79 Å². The maximum Gasteiger partial charge on any atom is 0.274 e. The fourth-order valence-corrected chi connectivity index (χ4v) is 3.04. The summed E-state index contributed by atoms with van der Waals surface area (Å²) in [6.45, 7) is 1.92. The van der Waals surface area contributed by atoms with Gasteiger partial charge in [-0.1, -0.05) is 48.0 Å². The molecule has 0 unspecified atom stereocenters. The van der Waals surface area contributed by atoms with Crippen molar-refractivity contribution in [2.24, 2.45) is 0 Å². The van der Waals surface area contributed by atoms with Gasteiger partial charge < -0.3 is 9.73 Å². The van der Waals surface area contributed by atoms with Crippen LogP contribution < -0.4 is 5.32 Å². The van der Waals surface area contributed by atoms with Crippen LogP contribution in [-0.4, -0.2) is 26.1 Å². The fraction of sp³-hybridized carbons (Fsp3) is 0.0476. The van der Waals surface area contributed by atoms with E-state index in [4.69, 9.17) is 16.0 Å². The van der Waals surface area contributed by atoms with E-state index in [1.165, 1.54) is 10.9 Å². The molecular weight excluding hydrogens is 390 g/mol. The molecule has 8 heteroatoms. The van der Waals surface area contributed by atoms with Crippen LogP contribution >= 0.6 is 11.6 Å². The summed E-state index contributed by atoms with van der Waals surface area (Å²) in [4.78, 5) is 13.2. The summed E-state index contributed by atoms with van der Waals surface area (Å²) in [6, 6.07) is 18.2. The van der Waals surface area contributed by atoms with Crippen molar-refractivity contribution >= 4 is 35.0 Å². The Kier molecular flexibility index (Phi) is 5.22. The number of tetrazole rings is 1. The molecule has 2 aromatic carbocycles. The minimum absolute atomic E-state index is 0.181. The molecule has 4 rings (SSSR count). The zero-order chi connectivity index (χ0) is 20.2. The molecule has 0 atom stereocenters. The number of rotatable bonds is 5. The summed E-state index contributed by atoms with van der Waals surface area (Å²) >= 11 is 6.27. The number of nitrogens with zero attached hydrogens (tertiary/aromatic N) is 4. The molecule has 0 aliphatic rings. The number of carbonyl (C=O) groups is 1. The maximum atomic E-state index is 13.2. The zero-order valence-corrected chi connectivity index (χ0v) is 16.2. The van der Waals surface area contributed by atoms with Gasteiger partial charge in [-0.05, 0) is 47.2 Å². The van der Waals surface area contributed by atoms with Gasteiger partial charge in [-0.15, -0.1) is 5.10 Å². The zero-order valence-electron chi connectivity index (χ0n) is 15.4. The average Bonchev–Trinajstić information content (AvgIpc) is 3.40. The number of aromatic nitrogens is 4. The molecule has 144 valence electrons. The Morgan fingerprint density at radius 1 is 1.14 bits per heavy atom. The van der Waals surface area contributed by atoms with Crippen molar-refractivity contribution in [3.05, 3.63) is 83.3 Å².